The summed E-state index contributed by atoms with van der Waals surface area (Å²) < 4.78 is 0. The van der Waals surface area contributed by atoms with E-state index in [-0.39, 0.29) is 18.4 Å². The largest absolute Gasteiger partial charge is 0.369 e. The van der Waals surface area contributed by atoms with Crippen LogP contribution in [0, 0.1) is 5.92 Å². The Morgan fingerprint density at radius 3 is 2.36 bits per heavy atom. The maximum Gasteiger partial charge on any atom is 0.222 e. The zero-order chi connectivity index (χ0) is 10.6. The quantitative estimate of drug-likeness (QED) is 0.780. The van der Waals surface area contributed by atoms with E-state index in [1.807, 2.05) is 12.1 Å². The summed E-state index contributed by atoms with van der Waals surface area (Å²) >= 11 is 5.73. The molecule has 1 amide bonds. The van der Waals surface area contributed by atoms with Crippen LogP contribution in [0.2, 0.25) is 5.02 Å². The maximum absolute atomic E-state index is 10.9. The SMILES string of the molecule is NC[C@H](Cc1ccc(Cl)cc1)C(N)=O. The van der Waals surface area contributed by atoms with Crippen LogP contribution in [0.25, 0.3) is 0 Å². The Labute approximate surface area is 88.0 Å². The van der Waals surface area contributed by atoms with Crippen LogP contribution in [0.15, 0.2) is 24.3 Å². The third-order valence-corrected chi connectivity index (χ3v) is 2.33. The molecule has 0 aliphatic heterocycles. The van der Waals surface area contributed by atoms with E-state index in [4.69, 9.17) is 23.1 Å². The molecule has 0 bridgehead atoms. The Kier molecular flexibility index (Phi) is 3.92. The van der Waals surface area contributed by atoms with E-state index in [2.05, 4.69) is 0 Å². The first kappa shape index (κ1) is 11.0. The summed E-state index contributed by atoms with van der Waals surface area (Å²) in [6.45, 7) is 0.276. The van der Waals surface area contributed by atoms with Crippen molar-refractivity contribution in [3.05, 3.63) is 34.9 Å². The van der Waals surface area contributed by atoms with E-state index < -0.39 is 0 Å². The molecule has 0 aliphatic rings. The summed E-state index contributed by atoms with van der Waals surface area (Å²) in [6, 6.07) is 7.30. The van der Waals surface area contributed by atoms with Crippen LogP contribution in [0.4, 0.5) is 0 Å². The Balaban J connectivity index is 2.67. The topological polar surface area (TPSA) is 69.1 Å². The third-order valence-electron chi connectivity index (χ3n) is 2.08. The summed E-state index contributed by atoms with van der Waals surface area (Å²) in [5.41, 5.74) is 11.6. The number of hydrogen-bond acceptors (Lipinski definition) is 2. The van der Waals surface area contributed by atoms with Gasteiger partial charge in [0.15, 0.2) is 0 Å². The highest BCUT2D eigenvalue weighted by atomic mass is 35.5. The fourth-order valence-corrected chi connectivity index (χ4v) is 1.33. The van der Waals surface area contributed by atoms with E-state index in [1.165, 1.54) is 0 Å². The van der Waals surface area contributed by atoms with Gasteiger partial charge >= 0.3 is 0 Å². The summed E-state index contributed by atoms with van der Waals surface area (Å²) in [4.78, 5) is 10.9. The Morgan fingerprint density at radius 2 is 1.93 bits per heavy atom. The van der Waals surface area contributed by atoms with E-state index in [0.29, 0.717) is 11.4 Å². The standard InChI is InChI=1S/C10H13ClN2O/c11-9-3-1-7(2-4-9)5-8(6-12)10(13)14/h1-4,8H,5-6,12H2,(H2,13,14)/t8-/m0/s1. The molecule has 1 rings (SSSR count). The summed E-state index contributed by atoms with van der Waals surface area (Å²) in [7, 11) is 0. The summed E-state index contributed by atoms with van der Waals surface area (Å²) in [6.07, 6.45) is 0.572. The molecule has 14 heavy (non-hydrogen) atoms. The van der Waals surface area contributed by atoms with Gasteiger partial charge in [-0.1, -0.05) is 23.7 Å². The van der Waals surface area contributed by atoms with E-state index in [9.17, 15) is 4.79 Å². The highest BCUT2D eigenvalue weighted by Gasteiger charge is 2.13. The van der Waals surface area contributed by atoms with E-state index in [0.717, 1.165) is 5.56 Å². The molecule has 0 fully saturated rings. The lowest BCUT2D eigenvalue weighted by molar-refractivity contribution is -0.121. The molecule has 0 heterocycles. The molecule has 1 aromatic rings. The average Bonchev–Trinajstić information content (AvgIpc) is 2.16. The zero-order valence-electron chi connectivity index (χ0n) is 7.74. The van der Waals surface area contributed by atoms with Crippen molar-refractivity contribution in [3.8, 4) is 0 Å². The average molecular weight is 213 g/mol. The number of benzene rings is 1. The van der Waals surface area contributed by atoms with Gasteiger partial charge in [-0.05, 0) is 24.1 Å². The molecule has 0 spiro atoms. The molecule has 3 nitrogen and oxygen atoms in total. The van der Waals surface area contributed by atoms with Crippen molar-refractivity contribution in [2.45, 2.75) is 6.42 Å². The second-order valence-electron chi connectivity index (χ2n) is 3.17. The van der Waals surface area contributed by atoms with Crippen molar-refractivity contribution in [2.75, 3.05) is 6.54 Å². The molecule has 0 unspecified atom stereocenters. The van der Waals surface area contributed by atoms with Gasteiger partial charge in [-0.25, -0.2) is 0 Å². The first-order valence-corrected chi connectivity index (χ1v) is 4.75. The maximum atomic E-state index is 10.9. The van der Waals surface area contributed by atoms with Gasteiger partial charge in [-0.2, -0.15) is 0 Å². The molecule has 0 saturated heterocycles. The second kappa shape index (κ2) is 4.98. The van der Waals surface area contributed by atoms with Crippen molar-refractivity contribution in [2.24, 2.45) is 17.4 Å². The van der Waals surface area contributed by atoms with Crippen LogP contribution in [-0.4, -0.2) is 12.5 Å². The van der Waals surface area contributed by atoms with Crippen molar-refractivity contribution in [1.29, 1.82) is 0 Å². The molecule has 4 N–H and O–H groups in total. The van der Waals surface area contributed by atoms with Gasteiger partial charge in [0.2, 0.25) is 5.91 Å². The van der Waals surface area contributed by atoms with E-state index >= 15 is 0 Å². The highest BCUT2D eigenvalue weighted by molar-refractivity contribution is 6.30. The smallest absolute Gasteiger partial charge is 0.222 e. The number of carbonyl (C=O) groups excluding carboxylic acids is 1. The van der Waals surface area contributed by atoms with Crippen LogP contribution in [0.5, 0.6) is 0 Å². The summed E-state index contributed by atoms with van der Waals surface area (Å²) in [5, 5.41) is 0.678. The number of rotatable bonds is 4. The number of nitrogens with two attached hydrogens (primary N) is 2. The fraction of sp³-hybridized carbons (Fsp3) is 0.300. The molecule has 76 valence electrons. The van der Waals surface area contributed by atoms with Crippen molar-refractivity contribution in [3.63, 3.8) is 0 Å². The van der Waals surface area contributed by atoms with Crippen LogP contribution >= 0.6 is 11.6 Å². The Morgan fingerprint density at radius 1 is 1.36 bits per heavy atom. The minimum absolute atomic E-state index is 0.276. The van der Waals surface area contributed by atoms with Gasteiger partial charge in [0, 0.05) is 11.6 Å². The van der Waals surface area contributed by atoms with Crippen LogP contribution < -0.4 is 11.5 Å². The van der Waals surface area contributed by atoms with Gasteiger partial charge in [-0.3, -0.25) is 4.79 Å². The molecule has 0 aliphatic carbocycles. The van der Waals surface area contributed by atoms with Crippen molar-refractivity contribution >= 4 is 17.5 Å². The van der Waals surface area contributed by atoms with Crippen molar-refractivity contribution < 1.29 is 4.79 Å². The molecule has 1 atom stereocenters. The highest BCUT2D eigenvalue weighted by Crippen LogP contribution is 2.12. The van der Waals surface area contributed by atoms with Crippen molar-refractivity contribution in [1.82, 2.24) is 0 Å². The molecule has 0 aromatic heterocycles. The molecule has 0 radical (unpaired) electrons. The molecule has 1 aromatic carbocycles. The minimum atomic E-state index is -0.359. The monoisotopic (exact) mass is 212 g/mol. The molecular formula is C10H13ClN2O. The second-order valence-corrected chi connectivity index (χ2v) is 3.60. The number of halogens is 1. The normalized spacial score (nSPS) is 12.4. The Bertz CT molecular complexity index is 310. The fourth-order valence-electron chi connectivity index (χ4n) is 1.21. The first-order chi connectivity index (χ1) is 6.63. The number of amides is 1. The first-order valence-electron chi connectivity index (χ1n) is 4.37. The van der Waals surface area contributed by atoms with Gasteiger partial charge in [-0.15, -0.1) is 0 Å². The lowest BCUT2D eigenvalue weighted by Crippen LogP contribution is -2.31. The predicted octanol–water partition coefficient (Wildman–Crippen LogP) is 0.943. The Hall–Kier alpha value is -1.06. The summed E-state index contributed by atoms with van der Waals surface area (Å²) in [5.74, 6) is -0.654. The van der Waals surface area contributed by atoms with Gasteiger partial charge in [0.25, 0.3) is 0 Å². The predicted molar refractivity (Wildman–Crippen MR) is 56.9 cm³/mol. The van der Waals surface area contributed by atoms with Gasteiger partial charge < -0.3 is 11.5 Å². The lowest BCUT2D eigenvalue weighted by atomic mass is 9.99. The van der Waals surface area contributed by atoms with Gasteiger partial charge in [0.05, 0.1) is 5.92 Å². The number of primary amides is 1. The van der Waals surface area contributed by atoms with Crippen LogP contribution in [-0.2, 0) is 11.2 Å². The van der Waals surface area contributed by atoms with Crippen LogP contribution in [0.3, 0.4) is 0 Å². The molecular weight excluding hydrogens is 200 g/mol. The van der Waals surface area contributed by atoms with Gasteiger partial charge in [0.1, 0.15) is 0 Å². The third kappa shape index (κ3) is 3.01. The number of hydrogen-bond donors (Lipinski definition) is 2. The van der Waals surface area contributed by atoms with Crippen LogP contribution in [0.1, 0.15) is 5.56 Å². The minimum Gasteiger partial charge on any atom is -0.369 e. The zero-order valence-corrected chi connectivity index (χ0v) is 8.50. The van der Waals surface area contributed by atoms with E-state index in [1.54, 1.807) is 12.1 Å². The molecule has 4 heteroatoms. The lowest BCUT2D eigenvalue weighted by Gasteiger charge is -2.10. The number of carbonyl (C=O) groups is 1. The molecule has 0 saturated carbocycles.